The van der Waals surface area contributed by atoms with Gasteiger partial charge in [-0.25, -0.2) is 4.98 Å². The fourth-order valence-corrected chi connectivity index (χ4v) is 2.95. The van der Waals surface area contributed by atoms with Crippen molar-refractivity contribution in [1.82, 2.24) is 9.97 Å². The predicted molar refractivity (Wildman–Crippen MR) is 80.9 cm³/mol. The van der Waals surface area contributed by atoms with Crippen LogP contribution >= 0.6 is 22.9 Å². The van der Waals surface area contributed by atoms with Gasteiger partial charge in [0.2, 0.25) is 0 Å². The highest BCUT2D eigenvalue weighted by Gasteiger charge is 2.09. The van der Waals surface area contributed by atoms with Crippen LogP contribution < -0.4 is 5.32 Å². The summed E-state index contributed by atoms with van der Waals surface area (Å²) in [6, 6.07) is 11.8. The van der Waals surface area contributed by atoms with Crippen molar-refractivity contribution in [1.29, 1.82) is 0 Å². The molecule has 1 N–H and O–H groups in total. The number of pyridine rings is 1. The van der Waals surface area contributed by atoms with Crippen LogP contribution in [0.25, 0.3) is 10.2 Å². The van der Waals surface area contributed by atoms with Crippen LogP contribution in [0.2, 0.25) is 5.02 Å². The van der Waals surface area contributed by atoms with E-state index in [-0.39, 0.29) is 6.04 Å². The molecule has 96 valence electrons. The molecule has 1 aromatic carbocycles. The molecule has 0 bridgehead atoms. The van der Waals surface area contributed by atoms with Crippen LogP contribution in [0.4, 0.5) is 5.13 Å². The lowest BCUT2D eigenvalue weighted by atomic mass is 10.2. The molecule has 0 aliphatic heterocycles. The van der Waals surface area contributed by atoms with Crippen molar-refractivity contribution >= 4 is 38.3 Å². The lowest BCUT2D eigenvalue weighted by Crippen LogP contribution is -2.07. The van der Waals surface area contributed by atoms with Crippen molar-refractivity contribution in [3.05, 3.63) is 53.3 Å². The molecule has 0 fully saturated rings. The Balaban J connectivity index is 1.85. The summed E-state index contributed by atoms with van der Waals surface area (Å²) in [5.41, 5.74) is 1.92. The van der Waals surface area contributed by atoms with E-state index in [4.69, 9.17) is 11.6 Å². The Labute approximate surface area is 120 Å². The molecule has 0 saturated heterocycles. The third-order valence-corrected chi connectivity index (χ3v) is 4.02. The summed E-state index contributed by atoms with van der Waals surface area (Å²) in [5, 5.41) is 4.96. The van der Waals surface area contributed by atoms with E-state index in [0.717, 1.165) is 21.0 Å². The van der Waals surface area contributed by atoms with Crippen LogP contribution in [0, 0.1) is 0 Å². The van der Waals surface area contributed by atoms with Gasteiger partial charge in [-0.1, -0.05) is 29.0 Å². The van der Waals surface area contributed by atoms with Crippen molar-refractivity contribution in [3.63, 3.8) is 0 Å². The van der Waals surface area contributed by atoms with Crippen LogP contribution in [-0.4, -0.2) is 9.97 Å². The number of hydrogen-bond donors (Lipinski definition) is 1. The zero-order valence-electron chi connectivity index (χ0n) is 10.3. The second-order valence-electron chi connectivity index (χ2n) is 4.25. The van der Waals surface area contributed by atoms with Gasteiger partial charge in [-0.15, -0.1) is 0 Å². The summed E-state index contributed by atoms with van der Waals surface area (Å²) in [6.45, 7) is 2.07. The maximum absolute atomic E-state index is 5.96. The molecule has 19 heavy (non-hydrogen) atoms. The van der Waals surface area contributed by atoms with Crippen LogP contribution in [0.3, 0.4) is 0 Å². The van der Waals surface area contributed by atoms with Crippen molar-refractivity contribution < 1.29 is 0 Å². The third-order valence-electron chi connectivity index (χ3n) is 2.82. The first kappa shape index (κ1) is 12.4. The summed E-state index contributed by atoms with van der Waals surface area (Å²) in [5.74, 6) is 0. The number of fused-ring (bicyclic) bond motifs is 1. The maximum Gasteiger partial charge on any atom is 0.184 e. The van der Waals surface area contributed by atoms with Gasteiger partial charge in [-0.3, -0.25) is 4.98 Å². The average molecular weight is 290 g/mol. The van der Waals surface area contributed by atoms with Crippen molar-refractivity contribution in [2.45, 2.75) is 13.0 Å². The molecular formula is C14H12ClN3S. The Morgan fingerprint density at radius 1 is 1.26 bits per heavy atom. The third kappa shape index (κ3) is 2.69. The smallest absolute Gasteiger partial charge is 0.184 e. The molecule has 0 saturated carbocycles. The topological polar surface area (TPSA) is 37.8 Å². The predicted octanol–water partition coefficient (Wildman–Crippen LogP) is 4.52. The lowest BCUT2D eigenvalue weighted by Gasteiger charge is -2.11. The first-order chi connectivity index (χ1) is 9.22. The fraction of sp³-hybridized carbons (Fsp3) is 0.143. The molecule has 2 heterocycles. The van der Waals surface area contributed by atoms with Crippen LogP contribution in [-0.2, 0) is 0 Å². The van der Waals surface area contributed by atoms with E-state index in [2.05, 4.69) is 22.2 Å². The second-order valence-corrected chi connectivity index (χ2v) is 5.72. The molecule has 0 aliphatic carbocycles. The van der Waals surface area contributed by atoms with E-state index < -0.39 is 0 Å². The number of nitrogens with one attached hydrogen (secondary N) is 1. The fourth-order valence-electron chi connectivity index (χ4n) is 1.85. The quantitative estimate of drug-likeness (QED) is 0.770. The summed E-state index contributed by atoms with van der Waals surface area (Å²) in [6.07, 6.45) is 1.80. The molecule has 5 heteroatoms. The van der Waals surface area contributed by atoms with E-state index in [1.807, 2.05) is 36.4 Å². The second kappa shape index (κ2) is 5.15. The first-order valence-corrected chi connectivity index (χ1v) is 7.15. The van der Waals surface area contributed by atoms with Gasteiger partial charge < -0.3 is 5.32 Å². The Morgan fingerprint density at radius 2 is 2.16 bits per heavy atom. The highest BCUT2D eigenvalue weighted by Crippen LogP contribution is 2.29. The van der Waals surface area contributed by atoms with Gasteiger partial charge in [0.05, 0.1) is 22.0 Å². The van der Waals surface area contributed by atoms with E-state index >= 15 is 0 Å². The normalized spacial score (nSPS) is 12.5. The number of halogens is 1. The van der Waals surface area contributed by atoms with Gasteiger partial charge in [0.1, 0.15) is 0 Å². The summed E-state index contributed by atoms with van der Waals surface area (Å²) < 4.78 is 1.13. The van der Waals surface area contributed by atoms with Gasteiger partial charge in [-0.05, 0) is 37.3 Å². The zero-order valence-corrected chi connectivity index (χ0v) is 11.9. The van der Waals surface area contributed by atoms with Crippen molar-refractivity contribution in [2.75, 3.05) is 5.32 Å². The number of thiazole rings is 1. The van der Waals surface area contributed by atoms with Gasteiger partial charge in [0, 0.05) is 11.2 Å². The van der Waals surface area contributed by atoms with E-state index in [9.17, 15) is 0 Å². The Bertz CT molecular complexity index is 696. The average Bonchev–Trinajstić information content (AvgIpc) is 2.81. The number of benzene rings is 1. The SMILES string of the molecule is CC(Nc1nc2cc(Cl)ccc2s1)c1ccccn1. The number of aromatic nitrogens is 2. The maximum atomic E-state index is 5.96. The van der Waals surface area contributed by atoms with E-state index in [1.165, 1.54) is 0 Å². The Morgan fingerprint density at radius 3 is 2.95 bits per heavy atom. The molecule has 0 spiro atoms. The molecule has 3 nitrogen and oxygen atoms in total. The minimum absolute atomic E-state index is 0.122. The van der Waals surface area contributed by atoms with Gasteiger partial charge >= 0.3 is 0 Å². The molecule has 0 aliphatic rings. The Kier molecular flexibility index (Phi) is 3.36. The van der Waals surface area contributed by atoms with Crippen molar-refractivity contribution in [2.24, 2.45) is 0 Å². The molecule has 2 aromatic heterocycles. The largest absolute Gasteiger partial charge is 0.353 e. The highest BCUT2D eigenvalue weighted by molar-refractivity contribution is 7.22. The number of hydrogen-bond acceptors (Lipinski definition) is 4. The number of nitrogens with zero attached hydrogens (tertiary/aromatic N) is 2. The summed E-state index contributed by atoms with van der Waals surface area (Å²) in [7, 11) is 0. The number of rotatable bonds is 3. The molecule has 3 aromatic rings. The van der Waals surface area contributed by atoms with Gasteiger partial charge in [0.15, 0.2) is 5.13 Å². The number of anilines is 1. The molecule has 1 atom stereocenters. The van der Waals surface area contributed by atoms with Crippen molar-refractivity contribution in [3.8, 4) is 0 Å². The van der Waals surface area contributed by atoms with Crippen LogP contribution in [0.1, 0.15) is 18.7 Å². The van der Waals surface area contributed by atoms with Gasteiger partial charge in [-0.2, -0.15) is 0 Å². The van der Waals surface area contributed by atoms with E-state index in [0.29, 0.717) is 5.02 Å². The lowest BCUT2D eigenvalue weighted by molar-refractivity contribution is 0.838. The summed E-state index contributed by atoms with van der Waals surface area (Å²) in [4.78, 5) is 8.87. The first-order valence-electron chi connectivity index (χ1n) is 5.96. The zero-order chi connectivity index (χ0) is 13.2. The van der Waals surface area contributed by atoms with Crippen LogP contribution in [0.5, 0.6) is 0 Å². The summed E-state index contributed by atoms with van der Waals surface area (Å²) >= 11 is 7.58. The van der Waals surface area contributed by atoms with Crippen LogP contribution in [0.15, 0.2) is 42.6 Å². The minimum atomic E-state index is 0.122. The molecule has 0 amide bonds. The molecule has 1 unspecified atom stereocenters. The molecule has 0 radical (unpaired) electrons. The molecular weight excluding hydrogens is 278 g/mol. The Hall–Kier alpha value is -1.65. The minimum Gasteiger partial charge on any atom is -0.353 e. The van der Waals surface area contributed by atoms with E-state index in [1.54, 1.807) is 17.5 Å². The van der Waals surface area contributed by atoms with Gasteiger partial charge in [0.25, 0.3) is 0 Å². The molecule has 3 rings (SSSR count). The standard InChI is InChI=1S/C14H12ClN3S/c1-9(11-4-2-3-7-16-11)17-14-18-12-8-10(15)5-6-13(12)19-14/h2-9H,1H3,(H,17,18). The highest BCUT2D eigenvalue weighted by atomic mass is 35.5. The monoisotopic (exact) mass is 289 g/mol.